The predicted octanol–water partition coefficient (Wildman–Crippen LogP) is 2.19. The first-order valence-corrected chi connectivity index (χ1v) is 7.05. The van der Waals surface area contributed by atoms with Crippen molar-refractivity contribution < 1.29 is 19.8 Å². The highest BCUT2D eigenvalue weighted by molar-refractivity contribution is 14.1. The number of hydrogen-bond acceptors (Lipinski definition) is 3. The van der Waals surface area contributed by atoms with Gasteiger partial charge >= 0.3 is 5.97 Å². The van der Waals surface area contributed by atoms with Crippen LogP contribution in [0.1, 0.15) is 24.2 Å². The summed E-state index contributed by atoms with van der Waals surface area (Å²) in [6.07, 6.45) is 0. The van der Waals surface area contributed by atoms with Crippen LogP contribution >= 0.6 is 45.2 Å². The zero-order chi connectivity index (χ0) is 14.1. The molecule has 1 amide bonds. The van der Waals surface area contributed by atoms with Gasteiger partial charge in [-0.25, -0.2) is 4.79 Å². The van der Waals surface area contributed by atoms with E-state index in [-0.39, 0.29) is 11.3 Å². The third-order valence-electron chi connectivity index (χ3n) is 2.23. The fourth-order valence-electron chi connectivity index (χ4n) is 1.14. The number of carboxylic acids is 1. The van der Waals surface area contributed by atoms with Crippen LogP contribution in [-0.4, -0.2) is 27.6 Å². The Balaban J connectivity index is 3.09. The molecule has 0 spiro atoms. The van der Waals surface area contributed by atoms with Crippen molar-refractivity contribution in [2.75, 3.05) is 0 Å². The molecule has 1 aromatic rings. The fourth-order valence-corrected chi connectivity index (χ4v) is 2.99. The van der Waals surface area contributed by atoms with Crippen LogP contribution < -0.4 is 5.32 Å². The summed E-state index contributed by atoms with van der Waals surface area (Å²) in [5.74, 6) is -1.90. The molecule has 0 aliphatic rings. The van der Waals surface area contributed by atoms with E-state index in [1.165, 1.54) is 19.9 Å². The van der Waals surface area contributed by atoms with E-state index in [0.29, 0.717) is 3.57 Å². The Morgan fingerprint density at radius 1 is 1.28 bits per heavy atom. The van der Waals surface area contributed by atoms with Crippen LogP contribution in [0.3, 0.4) is 0 Å². The molecule has 3 N–H and O–H groups in total. The lowest BCUT2D eigenvalue weighted by Crippen LogP contribution is -2.49. The van der Waals surface area contributed by atoms with Gasteiger partial charge in [0.1, 0.15) is 11.3 Å². The van der Waals surface area contributed by atoms with Crippen LogP contribution in [0.4, 0.5) is 0 Å². The number of amides is 1. The molecule has 7 heteroatoms. The van der Waals surface area contributed by atoms with E-state index in [4.69, 9.17) is 5.11 Å². The van der Waals surface area contributed by atoms with E-state index in [2.05, 4.69) is 5.32 Å². The molecule has 0 atom stereocenters. The average Bonchev–Trinajstić information content (AvgIpc) is 2.22. The molecule has 1 rings (SSSR count). The van der Waals surface area contributed by atoms with Gasteiger partial charge in [0.25, 0.3) is 5.91 Å². The number of phenolic OH excluding ortho intramolecular Hbond substituents is 1. The highest BCUT2D eigenvalue weighted by atomic mass is 127. The summed E-state index contributed by atoms with van der Waals surface area (Å²) in [7, 11) is 0. The Labute approximate surface area is 131 Å². The lowest BCUT2D eigenvalue weighted by atomic mass is 10.0. The molecular weight excluding hydrogens is 464 g/mol. The maximum absolute atomic E-state index is 11.9. The molecular formula is C11H11I2NO4. The molecule has 98 valence electrons. The van der Waals surface area contributed by atoms with Crippen molar-refractivity contribution in [2.45, 2.75) is 19.4 Å². The summed E-state index contributed by atoms with van der Waals surface area (Å²) in [5, 5.41) is 21.1. The molecule has 0 saturated heterocycles. The van der Waals surface area contributed by atoms with Crippen molar-refractivity contribution >= 4 is 57.1 Å². The van der Waals surface area contributed by atoms with Crippen LogP contribution in [0.5, 0.6) is 5.75 Å². The number of hydrogen-bond donors (Lipinski definition) is 3. The van der Waals surface area contributed by atoms with Gasteiger partial charge in [0.15, 0.2) is 0 Å². The lowest BCUT2D eigenvalue weighted by molar-refractivity contribution is -0.143. The largest absolute Gasteiger partial charge is 0.506 e. The molecule has 0 aromatic heterocycles. The summed E-state index contributed by atoms with van der Waals surface area (Å²) >= 11 is 3.93. The summed E-state index contributed by atoms with van der Waals surface area (Å²) in [5.41, 5.74) is -1.32. The van der Waals surface area contributed by atoms with Crippen molar-refractivity contribution in [2.24, 2.45) is 0 Å². The Morgan fingerprint density at radius 3 is 2.33 bits per heavy atom. The number of aromatic hydroxyl groups is 1. The van der Waals surface area contributed by atoms with Crippen LogP contribution in [0, 0.1) is 7.14 Å². The van der Waals surface area contributed by atoms with Crippen LogP contribution in [-0.2, 0) is 4.79 Å². The quantitative estimate of drug-likeness (QED) is 0.586. The zero-order valence-electron chi connectivity index (χ0n) is 9.62. The maximum atomic E-state index is 11.9. The molecule has 0 aliphatic carbocycles. The Kier molecular flexibility index (Phi) is 4.81. The minimum Gasteiger partial charge on any atom is -0.506 e. The zero-order valence-corrected chi connectivity index (χ0v) is 13.9. The summed E-state index contributed by atoms with van der Waals surface area (Å²) in [6, 6.07) is 3.22. The van der Waals surface area contributed by atoms with Gasteiger partial charge in [-0.15, -0.1) is 0 Å². The van der Waals surface area contributed by atoms with E-state index in [1.807, 2.05) is 45.2 Å². The lowest BCUT2D eigenvalue weighted by Gasteiger charge is -2.21. The van der Waals surface area contributed by atoms with Crippen LogP contribution in [0.15, 0.2) is 12.1 Å². The Morgan fingerprint density at radius 2 is 1.83 bits per heavy atom. The minimum absolute atomic E-state index is 0.0700. The third-order valence-corrected chi connectivity index (χ3v) is 3.68. The number of rotatable bonds is 3. The van der Waals surface area contributed by atoms with Gasteiger partial charge in [0.2, 0.25) is 0 Å². The summed E-state index contributed by atoms with van der Waals surface area (Å²) < 4.78 is 1.32. The number of carbonyl (C=O) groups excluding carboxylic acids is 1. The van der Waals surface area contributed by atoms with E-state index in [1.54, 1.807) is 6.07 Å². The van der Waals surface area contributed by atoms with E-state index in [0.717, 1.165) is 3.57 Å². The van der Waals surface area contributed by atoms with Gasteiger partial charge in [0.05, 0.1) is 9.13 Å². The average molecular weight is 475 g/mol. The van der Waals surface area contributed by atoms with E-state index >= 15 is 0 Å². The number of carbonyl (C=O) groups is 2. The first-order valence-electron chi connectivity index (χ1n) is 4.89. The SMILES string of the molecule is CC(C)(NC(=O)c1cc(I)cc(I)c1O)C(=O)O. The molecule has 0 bridgehead atoms. The van der Waals surface area contributed by atoms with Crippen molar-refractivity contribution in [3.05, 3.63) is 24.8 Å². The molecule has 0 heterocycles. The van der Waals surface area contributed by atoms with E-state index in [9.17, 15) is 14.7 Å². The fraction of sp³-hybridized carbons (Fsp3) is 0.273. The standard InChI is InChI=1S/C11H11I2NO4/c1-11(2,10(17)18)14-9(16)6-3-5(12)4-7(13)8(6)15/h3-4,15H,1-2H3,(H,14,16)(H,17,18). The van der Waals surface area contributed by atoms with Gasteiger partial charge < -0.3 is 15.5 Å². The highest BCUT2D eigenvalue weighted by Crippen LogP contribution is 2.27. The first-order chi connectivity index (χ1) is 8.15. The van der Waals surface area contributed by atoms with E-state index < -0.39 is 17.4 Å². The second-order valence-electron chi connectivity index (χ2n) is 4.17. The monoisotopic (exact) mass is 475 g/mol. The van der Waals surface area contributed by atoms with Crippen molar-refractivity contribution in [3.63, 3.8) is 0 Å². The molecule has 0 aliphatic heterocycles. The second kappa shape index (κ2) is 5.59. The molecule has 0 saturated carbocycles. The van der Waals surface area contributed by atoms with Gasteiger partial charge in [0, 0.05) is 3.57 Å². The Bertz CT molecular complexity index is 514. The number of halogens is 2. The summed E-state index contributed by atoms with van der Waals surface area (Å²) in [6.45, 7) is 2.76. The van der Waals surface area contributed by atoms with Gasteiger partial charge in [-0.2, -0.15) is 0 Å². The molecule has 5 nitrogen and oxygen atoms in total. The molecule has 1 aromatic carbocycles. The maximum Gasteiger partial charge on any atom is 0.328 e. The minimum atomic E-state index is -1.39. The predicted molar refractivity (Wildman–Crippen MR) is 82.7 cm³/mol. The molecule has 18 heavy (non-hydrogen) atoms. The van der Waals surface area contributed by atoms with Crippen molar-refractivity contribution in [1.82, 2.24) is 5.32 Å². The Hall–Kier alpha value is -0.580. The van der Waals surface area contributed by atoms with Crippen molar-refractivity contribution in [3.8, 4) is 5.75 Å². The van der Waals surface area contributed by atoms with Crippen molar-refractivity contribution in [1.29, 1.82) is 0 Å². The topological polar surface area (TPSA) is 86.6 Å². The number of aliphatic carboxylic acids is 1. The number of benzene rings is 1. The molecule has 0 fully saturated rings. The molecule has 0 radical (unpaired) electrons. The van der Waals surface area contributed by atoms with Gasteiger partial charge in [-0.1, -0.05) is 0 Å². The first kappa shape index (κ1) is 15.5. The number of carboxylic acid groups (broad SMARTS) is 1. The molecule has 0 unspecified atom stereocenters. The van der Waals surface area contributed by atoms with Crippen LogP contribution in [0.25, 0.3) is 0 Å². The number of nitrogens with one attached hydrogen (secondary N) is 1. The number of phenols is 1. The van der Waals surface area contributed by atoms with Gasteiger partial charge in [-0.3, -0.25) is 4.79 Å². The normalized spacial score (nSPS) is 11.1. The second-order valence-corrected chi connectivity index (χ2v) is 6.58. The third kappa shape index (κ3) is 3.46. The van der Waals surface area contributed by atoms with Gasteiger partial charge in [-0.05, 0) is 71.2 Å². The smallest absolute Gasteiger partial charge is 0.328 e. The van der Waals surface area contributed by atoms with Crippen LogP contribution in [0.2, 0.25) is 0 Å². The summed E-state index contributed by atoms with van der Waals surface area (Å²) in [4.78, 5) is 22.9. The highest BCUT2D eigenvalue weighted by Gasteiger charge is 2.30.